The second-order valence-electron chi connectivity index (χ2n) is 4.42. The van der Waals surface area contributed by atoms with Crippen LogP contribution in [0.3, 0.4) is 0 Å². The molecule has 0 saturated carbocycles. The maximum Gasteiger partial charge on any atom is 0.0192 e. The minimum atomic E-state index is 0.884. The van der Waals surface area contributed by atoms with Gasteiger partial charge in [-0.05, 0) is 26.4 Å². The molecule has 0 radical (unpaired) electrons. The Bertz CT molecular complexity index is 127. The van der Waals surface area contributed by atoms with Crippen LogP contribution >= 0.6 is 0 Å². The average molecular weight is 184 g/mol. The van der Waals surface area contributed by atoms with Crippen molar-refractivity contribution in [2.45, 2.75) is 33.2 Å². The molecule has 2 saturated heterocycles. The van der Waals surface area contributed by atoms with Crippen LogP contribution in [0.2, 0.25) is 0 Å². The predicted octanol–water partition coefficient (Wildman–Crippen LogP) is 1.67. The third-order valence-corrected chi connectivity index (χ3v) is 3.23. The van der Waals surface area contributed by atoms with Crippen molar-refractivity contribution in [2.75, 3.05) is 33.2 Å². The molecule has 0 aromatic rings. The first-order valence-electron chi connectivity index (χ1n) is 5.59. The molecule has 0 aliphatic carbocycles. The number of likely N-dealkylation sites (tertiary alicyclic amines) is 1. The summed E-state index contributed by atoms with van der Waals surface area (Å²) in [5, 5.41) is 0. The number of hydrogen-bond acceptors (Lipinski definition) is 2. The van der Waals surface area contributed by atoms with Gasteiger partial charge < -0.3 is 9.80 Å². The Balaban J connectivity index is 0.000000145. The highest BCUT2D eigenvalue weighted by atomic mass is 15.3. The SMILES string of the molecule is CC1CN1C.CCC1CN(CC)C1. The minimum absolute atomic E-state index is 0.884. The largest absolute Gasteiger partial charge is 0.303 e. The molecule has 2 heteroatoms. The van der Waals surface area contributed by atoms with Gasteiger partial charge in [-0.2, -0.15) is 0 Å². The maximum atomic E-state index is 2.48. The molecule has 2 fully saturated rings. The molecular formula is C11H24N2. The third-order valence-electron chi connectivity index (χ3n) is 3.23. The van der Waals surface area contributed by atoms with Gasteiger partial charge in [-0.15, -0.1) is 0 Å². The van der Waals surface area contributed by atoms with Gasteiger partial charge in [0.05, 0.1) is 0 Å². The van der Waals surface area contributed by atoms with Gasteiger partial charge in [0.2, 0.25) is 0 Å². The van der Waals surface area contributed by atoms with Gasteiger partial charge in [0.15, 0.2) is 0 Å². The fourth-order valence-corrected chi connectivity index (χ4v) is 1.56. The summed E-state index contributed by atoms with van der Waals surface area (Å²) in [4.78, 5) is 4.77. The molecule has 2 rings (SSSR count). The summed E-state index contributed by atoms with van der Waals surface area (Å²) >= 11 is 0. The number of rotatable bonds is 2. The molecule has 2 unspecified atom stereocenters. The molecule has 2 aliphatic heterocycles. The van der Waals surface area contributed by atoms with Crippen molar-refractivity contribution in [3.63, 3.8) is 0 Å². The summed E-state index contributed by atoms with van der Waals surface area (Å²) in [6.07, 6.45) is 1.37. The highest BCUT2D eigenvalue weighted by Gasteiger charge is 2.22. The quantitative estimate of drug-likeness (QED) is 0.602. The van der Waals surface area contributed by atoms with E-state index in [1.54, 1.807) is 0 Å². The van der Waals surface area contributed by atoms with E-state index in [2.05, 4.69) is 37.6 Å². The zero-order chi connectivity index (χ0) is 9.84. The fraction of sp³-hybridized carbons (Fsp3) is 1.00. The minimum Gasteiger partial charge on any atom is -0.303 e. The summed E-state index contributed by atoms with van der Waals surface area (Å²) in [7, 11) is 2.13. The van der Waals surface area contributed by atoms with Crippen molar-refractivity contribution in [3.05, 3.63) is 0 Å². The van der Waals surface area contributed by atoms with Gasteiger partial charge in [-0.1, -0.05) is 20.3 Å². The van der Waals surface area contributed by atoms with E-state index in [0.29, 0.717) is 0 Å². The molecule has 2 aliphatic rings. The van der Waals surface area contributed by atoms with Gasteiger partial charge in [0, 0.05) is 25.7 Å². The van der Waals surface area contributed by atoms with Crippen LogP contribution in [0.1, 0.15) is 27.2 Å². The van der Waals surface area contributed by atoms with Gasteiger partial charge in [0.25, 0.3) is 0 Å². The van der Waals surface area contributed by atoms with Crippen molar-refractivity contribution < 1.29 is 0 Å². The van der Waals surface area contributed by atoms with Crippen LogP contribution in [0, 0.1) is 5.92 Å². The van der Waals surface area contributed by atoms with E-state index in [4.69, 9.17) is 0 Å². The lowest BCUT2D eigenvalue weighted by atomic mass is 9.98. The molecule has 0 amide bonds. The number of likely N-dealkylation sites (N-methyl/N-ethyl adjacent to an activating group) is 1. The summed E-state index contributed by atoms with van der Waals surface area (Å²) in [5.41, 5.74) is 0. The highest BCUT2D eigenvalue weighted by Crippen LogP contribution is 2.16. The van der Waals surface area contributed by atoms with E-state index in [-0.39, 0.29) is 0 Å². The van der Waals surface area contributed by atoms with Crippen molar-refractivity contribution in [1.29, 1.82) is 0 Å². The summed E-state index contributed by atoms with van der Waals surface area (Å²) in [6.45, 7) is 12.0. The molecule has 13 heavy (non-hydrogen) atoms. The fourth-order valence-electron chi connectivity index (χ4n) is 1.56. The predicted molar refractivity (Wildman–Crippen MR) is 58.0 cm³/mol. The smallest absolute Gasteiger partial charge is 0.0192 e. The third kappa shape index (κ3) is 3.65. The summed E-state index contributed by atoms with van der Waals surface area (Å²) in [6, 6.07) is 0.884. The first-order chi connectivity index (χ1) is 6.17. The molecule has 0 bridgehead atoms. The Morgan fingerprint density at radius 3 is 1.85 bits per heavy atom. The Morgan fingerprint density at radius 1 is 1.15 bits per heavy atom. The van der Waals surface area contributed by atoms with Crippen LogP contribution < -0.4 is 0 Å². The molecule has 2 nitrogen and oxygen atoms in total. The zero-order valence-corrected chi connectivity index (χ0v) is 9.58. The van der Waals surface area contributed by atoms with Crippen LogP contribution in [-0.4, -0.2) is 49.1 Å². The van der Waals surface area contributed by atoms with Gasteiger partial charge in [-0.25, -0.2) is 0 Å². The van der Waals surface area contributed by atoms with E-state index in [0.717, 1.165) is 12.0 Å². The molecule has 2 atom stereocenters. The normalized spacial score (nSPS) is 33.2. The highest BCUT2D eigenvalue weighted by molar-refractivity contribution is 4.79. The van der Waals surface area contributed by atoms with Crippen LogP contribution in [0.5, 0.6) is 0 Å². The average Bonchev–Trinajstić information content (AvgIpc) is 2.65. The van der Waals surface area contributed by atoms with E-state index in [9.17, 15) is 0 Å². The Kier molecular flexibility index (Phi) is 4.20. The number of hydrogen-bond donors (Lipinski definition) is 0. The lowest BCUT2D eigenvalue weighted by Crippen LogP contribution is -2.45. The molecule has 2 heterocycles. The lowest BCUT2D eigenvalue weighted by Gasteiger charge is -2.37. The van der Waals surface area contributed by atoms with Crippen LogP contribution in [-0.2, 0) is 0 Å². The molecule has 0 aromatic carbocycles. The lowest BCUT2D eigenvalue weighted by molar-refractivity contribution is 0.105. The van der Waals surface area contributed by atoms with Gasteiger partial charge >= 0.3 is 0 Å². The van der Waals surface area contributed by atoms with Crippen molar-refractivity contribution in [2.24, 2.45) is 5.92 Å². The molecule has 0 spiro atoms. The molecular weight excluding hydrogens is 160 g/mol. The first kappa shape index (κ1) is 11.0. The van der Waals surface area contributed by atoms with Crippen molar-refractivity contribution >= 4 is 0 Å². The second-order valence-corrected chi connectivity index (χ2v) is 4.42. The van der Waals surface area contributed by atoms with E-state index in [1.165, 1.54) is 32.6 Å². The Labute approximate surface area is 82.9 Å². The van der Waals surface area contributed by atoms with Gasteiger partial charge in [0.1, 0.15) is 0 Å². The molecule has 78 valence electrons. The van der Waals surface area contributed by atoms with Crippen molar-refractivity contribution in [3.8, 4) is 0 Å². The molecule has 0 aromatic heterocycles. The van der Waals surface area contributed by atoms with E-state index >= 15 is 0 Å². The van der Waals surface area contributed by atoms with Crippen molar-refractivity contribution in [1.82, 2.24) is 9.80 Å². The number of nitrogens with zero attached hydrogens (tertiary/aromatic N) is 2. The first-order valence-corrected chi connectivity index (χ1v) is 5.59. The van der Waals surface area contributed by atoms with Crippen LogP contribution in [0.15, 0.2) is 0 Å². The Morgan fingerprint density at radius 2 is 1.62 bits per heavy atom. The van der Waals surface area contributed by atoms with Crippen LogP contribution in [0.4, 0.5) is 0 Å². The topological polar surface area (TPSA) is 6.25 Å². The summed E-state index contributed by atoms with van der Waals surface area (Å²) < 4.78 is 0. The van der Waals surface area contributed by atoms with E-state index < -0.39 is 0 Å². The monoisotopic (exact) mass is 184 g/mol. The maximum absolute atomic E-state index is 2.48. The summed E-state index contributed by atoms with van der Waals surface area (Å²) in [5.74, 6) is 1.02. The van der Waals surface area contributed by atoms with Gasteiger partial charge in [-0.3, -0.25) is 0 Å². The standard InChI is InChI=1S/C7H15N.C4H9N/c1-3-7-5-8(4-2)6-7;1-4-3-5(4)2/h7H,3-6H2,1-2H3;4H,3H2,1-2H3. The van der Waals surface area contributed by atoms with E-state index in [1.807, 2.05) is 0 Å². The Hall–Kier alpha value is -0.0800. The zero-order valence-electron chi connectivity index (χ0n) is 9.58. The molecule has 0 N–H and O–H groups in total. The second kappa shape index (κ2) is 4.97. The van der Waals surface area contributed by atoms with Crippen LogP contribution in [0.25, 0.3) is 0 Å².